The number of nitrogens with zero attached hydrogens (tertiary/aromatic N) is 1. The van der Waals surface area contributed by atoms with E-state index in [-0.39, 0.29) is 12.4 Å². The molecule has 0 aliphatic rings. The Balaban J connectivity index is 0.00000243. The van der Waals surface area contributed by atoms with Crippen LogP contribution in [0.25, 0.3) is 5.57 Å². The number of benzene rings is 3. The minimum absolute atomic E-state index is 0. The molecule has 0 bridgehead atoms. The van der Waals surface area contributed by atoms with Gasteiger partial charge in [-0.2, -0.15) is 0 Å². The summed E-state index contributed by atoms with van der Waals surface area (Å²) in [7, 11) is 0. The molecule has 130 valence electrons. The normalized spacial score (nSPS) is 11.5. The molecule has 0 unspecified atom stereocenters. The monoisotopic (exact) mass is 360 g/mol. The van der Waals surface area contributed by atoms with Gasteiger partial charge in [0, 0.05) is 18.1 Å². The van der Waals surface area contributed by atoms with Crippen molar-refractivity contribution in [3.05, 3.63) is 115 Å². The molecule has 3 aromatic rings. The van der Waals surface area contributed by atoms with Crippen LogP contribution in [0.5, 0.6) is 0 Å². The van der Waals surface area contributed by atoms with E-state index >= 15 is 0 Å². The summed E-state index contributed by atoms with van der Waals surface area (Å²) < 4.78 is 0. The highest BCUT2D eigenvalue weighted by Crippen LogP contribution is 2.16. The van der Waals surface area contributed by atoms with Gasteiger partial charge in [0.1, 0.15) is 0 Å². The molecule has 26 heavy (non-hydrogen) atoms. The molecular weight excluding hydrogens is 340 g/mol. The van der Waals surface area contributed by atoms with Gasteiger partial charge >= 0.3 is 0 Å². The Labute approximate surface area is 161 Å². The minimum atomic E-state index is 0. The van der Waals surface area contributed by atoms with Gasteiger partial charge in [-0.15, -0.1) is 12.4 Å². The number of anilines is 1. The fourth-order valence-electron chi connectivity index (χ4n) is 2.36. The van der Waals surface area contributed by atoms with E-state index in [0.29, 0.717) is 0 Å². The van der Waals surface area contributed by atoms with Gasteiger partial charge in [0.15, 0.2) is 0 Å². The molecule has 0 aliphatic heterocycles. The third kappa shape index (κ3) is 6.08. The summed E-state index contributed by atoms with van der Waals surface area (Å²) in [6.45, 7) is 0. The van der Waals surface area contributed by atoms with E-state index in [0.717, 1.165) is 22.5 Å². The molecule has 0 saturated carbocycles. The number of rotatable bonds is 6. The largest absolute Gasteiger partial charge is 0.362 e. The molecule has 0 amide bonds. The Bertz CT molecular complexity index is 854. The van der Waals surface area contributed by atoms with E-state index in [1.165, 1.54) is 0 Å². The van der Waals surface area contributed by atoms with E-state index in [1.54, 1.807) is 0 Å². The van der Waals surface area contributed by atoms with E-state index in [1.807, 2.05) is 97.4 Å². The first kappa shape index (κ1) is 19.2. The van der Waals surface area contributed by atoms with Crippen LogP contribution in [-0.4, -0.2) is 6.21 Å². The Morgan fingerprint density at radius 1 is 0.731 bits per heavy atom. The molecule has 0 atom stereocenters. The van der Waals surface area contributed by atoms with Crippen LogP contribution in [0.15, 0.2) is 114 Å². The van der Waals surface area contributed by atoms with Crippen molar-refractivity contribution in [1.29, 1.82) is 0 Å². The second kappa shape index (κ2) is 10.7. The summed E-state index contributed by atoms with van der Waals surface area (Å²) in [4.78, 5) is 4.48. The van der Waals surface area contributed by atoms with Gasteiger partial charge in [-0.3, -0.25) is 4.99 Å². The summed E-state index contributed by atoms with van der Waals surface area (Å²) in [5, 5.41) is 3.29. The number of hydrogen-bond acceptors (Lipinski definition) is 2. The zero-order valence-electron chi connectivity index (χ0n) is 14.3. The van der Waals surface area contributed by atoms with Crippen molar-refractivity contribution in [1.82, 2.24) is 0 Å². The summed E-state index contributed by atoms with van der Waals surface area (Å²) in [6.07, 6.45) is 7.86. The number of aliphatic imine (C=N–C) groups is 1. The summed E-state index contributed by atoms with van der Waals surface area (Å²) in [5.74, 6) is 0. The molecule has 0 radical (unpaired) electrons. The van der Waals surface area contributed by atoms with Crippen LogP contribution >= 0.6 is 12.4 Å². The van der Waals surface area contributed by atoms with Crippen LogP contribution in [0.1, 0.15) is 5.56 Å². The Morgan fingerprint density at radius 2 is 1.31 bits per heavy atom. The first-order valence-corrected chi connectivity index (χ1v) is 8.25. The standard InChI is InChI=1S/C23H20N2.ClH/c1-4-10-20(11-5-1)21(16-18-24-22-12-6-2-7-13-22)17-19-25-23-14-8-3-9-15-23;/h1-19,24H;1H. The van der Waals surface area contributed by atoms with Gasteiger partial charge < -0.3 is 5.32 Å². The van der Waals surface area contributed by atoms with E-state index in [2.05, 4.69) is 28.5 Å². The van der Waals surface area contributed by atoms with Crippen molar-refractivity contribution in [2.75, 3.05) is 5.32 Å². The smallest absolute Gasteiger partial charge is 0.0629 e. The third-order valence-corrected chi connectivity index (χ3v) is 3.63. The number of hydrogen-bond donors (Lipinski definition) is 1. The number of allylic oxidation sites excluding steroid dienone is 3. The maximum Gasteiger partial charge on any atom is 0.0629 e. The fraction of sp³-hybridized carbons (Fsp3) is 0. The molecule has 0 fully saturated rings. The summed E-state index contributed by atoms with van der Waals surface area (Å²) in [6, 6.07) is 30.3. The fourth-order valence-corrected chi connectivity index (χ4v) is 2.36. The zero-order valence-corrected chi connectivity index (χ0v) is 15.1. The van der Waals surface area contributed by atoms with Crippen molar-refractivity contribution >= 4 is 35.6 Å². The lowest BCUT2D eigenvalue weighted by molar-refractivity contribution is 1.54. The summed E-state index contributed by atoms with van der Waals surface area (Å²) >= 11 is 0. The first-order valence-electron chi connectivity index (χ1n) is 8.25. The van der Waals surface area contributed by atoms with E-state index < -0.39 is 0 Å². The second-order valence-corrected chi connectivity index (χ2v) is 5.45. The topological polar surface area (TPSA) is 24.4 Å². The Kier molecular flexibility index (Phi) is 7.91. The molecule has 1 N–H and O–H groups in total. The zero-order chi connectivity index (χ0) is 17.2. The highest BCUT2D eigenvalue weighted by Gasteiger charge is 1.96. The Morgan fingerprint density at radius 3 is 1.96 bits per heavy atom. The van der Waals surface area contributed by atoms with Crippen LogP contribution in [-0.2, 0) is 0 Å². The molecule has 3 aromatic carbocycles. The van der Waals surface area contributed by atoms with Gasteiger partial charge in [0.2, 0.25) is 0 Å². The van der Waals surface area contributed by atoms with Crippen LogP contribution in [0.3, 0.4) is 0 Å². The molecule has 0 aliphatic carbocycles. The number of halogens is 1. The lowest BCUT2D eigenvalue weighted by Crippen LogP contribution is -1.88. The van der Waals surface area contributed by atoms with Crippen molar-refractivity contribution in [3.8, 4) is 0 Å². The molecule has 2 nitrogen and oxygen atoms in total. The van der Waals surface area contributed by atoms with E-state index in [4.69, 9.17) is 0 Å². The predicted molar refractivity (Wildman–Crippen MR) is 115 cm³/mol. The lowest BCUT2D eigenvalue weighted by atomic mass is 10.1. The molecule has 3 rings (SSSR count). The predicted octanol–water partition coefficient (Wildman–Crippen LogP) is 6.52. The number of nitrogens with one attached hydrogen (secondary N) is 1. The summed E-state index contributed by atoms with van der Waals surface area (Å²) in [5.41, 5.74) is 4.23. The average molecular weight is 361 g/mol. The molecule has 0 spiro atoms. The van der Waals surface area contributed by atoms with Gasteiger partial charge in [-0.1, -0.05) is 66.7 Å². The molecular formula is C23H21ClN2. The van der Waals surface area contributed by atoms with Crippen LogP contribution in [0.2, 0.25) is 0 Å². The maximum absolute atomic E-state index is 4.48. The third-order valence-electron chi connectivity index (χ3n) is 3.63. The highest BCUT2D eigenvalue weighted by molar-refractivity contribution is 5.89. The average Bonchev–Trinajstić information content (AvgIpc) is 2.69. The molecule has 0 heterocycles. The van der Waals surface area contributed by atoms with Gasteiger partial charge in [-0.05, 0) is 47.6 Å². The molecule has 0 saturated heterocycles. The Hall–Kier alpha value is -3.10. The van der Waals surface area contributed by atoms with Crippen LogP contribution in [0.4, 0.5) is 11.4 Å². The quantitative estimate of drug-likeness (QED) is 0.392. The second-order valence-electron chi connectivity index (χ2n) is 5.45. The van der Waals surface area contributed by atoms with Crippen molar-refractivity contribution < 1.29 is 0 Å². The van der Waals surface area contributed by atoms with Crippen molar-refractivity contribution in [3.63, 3.8) is 0 Å². The van der Waals surface area contributed by atoms with Crippen LogP contribution in [0, 0.1) is 0 Å². The van der Waals surface area contributed by atoms with E-state index in [9.17, 15) is 0 Å². The van der Waals surface area contributed by atoms with Crippen molar-refractivity contribution in [2.24, 2.45) is 4.99 Å². The van der Waals surface area contributed by atoms with Crippen LogP contribution < -0.4 is 5.32 Å². The van der Waals surface area contributed by atoms with Crippen molar-refractivity contribution in [2.45, 2.75) is 0 Å². The van der Waals surface area contributed by atoms with Gasteiger partial charge in [-0.25, -0.2) is 0 Å². The lowest BCUT2D eigenvalue weighted by Gasteiger charge is -2.03. The van der Waals surface area contributed by atoms with Gasteiger partial charge in [0.25, 0.3) is 0 Å². The number of para-hydroxylation sites is 2. The maximum atomic E-state index is 4.48. The highest BCUT2D eigenvalue weighted by atomic mass is 35.5. The molecule has 0 aromatic heterocycles. The van der Waals surface area contributed by atoms with Gasteiger partial charge in [0.05, 0.1) is 5.69 Å². The minimum Gasteiger partial charge on any atom is -0.362 e. The molecule has 3 heteroatoms. The first-order chi connectivity index (χ1) is 12.4. The SMILES string of the molecule is C(=CC(=CC=Nc1ccccc1)c1ccccc1)Nc1ccccc1.Cl.